The van der Waals surface area contributed by atoms with Crippen molar-refractivity contribution in [3.8, 4) is 0 Å². The fourth-order valence-corrected chi connectivity index (χ4v) is 3.64. The van der Waals surface area contributed by atoms with Crippen LogP contribution in [0.2, 0.25) is 0 Å². The molecule has 108 valence electrons. The molecule has 0 saturated heterocycles. The Hall–Kier alpha value is -1.81. The molecule has 0 bridgehead atoms. The average Bonchev–Trinajstić information content (AvgIpc) is 2.92. The number of rotatable bonds is 4. The number of hydrogen-bond donors (Lipinski definition) is 1. The smallest absolute Gasteiger partial charge is 0.335 e. The van der Waals surface area contributed by atoms with Gasteiger partial charge in [0.05, 0.1) is 5.56 Å². The molecule has 1 aliphatic carbocycles. The lowest BCUT2D eigenvalue weighted by atomic mass is 10.1. The van der Waals surface area contributed by atoms with Crippen molar-refractivity contribution in [1.29, 1.82) is 0 Å². The van der Waals surface area contributed by atoms with Crippen molar-refractivity contribution < 1.29 is 14.3 Å². The highest BCUT2D eigenvalue weighted by Crippen LogP contribution is 2.30. The topological polar surface area (TPSA) is 37.3 Å². The van der Waals surface area contributed by atoms with Gasteiger partial charge >= 0.3 is 5.97 Å². The van der Waals surface area contributed by atoms with Crippen molar-refractivity contribution in [3.05, 3.63) is 64.5 Å². The normalized spacial score (nSPS) is 13.2. The lowest BCUT2D eigenvalue weighted by Crippen LogP contribution is -2.02. The number of carbonyl (C=O) groups is 1. The van der Waals surface area contributed by atoms with Crippen molar-refractivity contribution in [1.82, 2.24) is 0 Å². The van der Waals surface area contributed by atoms with Crippen molar-refractivity contribution in [2.75, 3.05) is 0 Å². The summed E-state index contributed by atoms with van der Waals surface area (Å²) in [5.41, 5.74) is 3.49. The molecule has 2 aromatic carbocycles. The summed E-state index contributed by atoms with van der Waals surface area (Å²) in [6.45, 7) is 0. The maximum atomic E-state index is 13.3. The molecule has 0 saturated carbocycles. The van der Waals surface area contributed by atoms with E-state index in [1.807, 2.05) is 0 Å². The predicted octanol–water partition coefficient (Wildman–Crippen LogP) is 4.30. The third-order valence-electron chi connectivity index (χ3n) is 3.76. The molecular formula is C17H15FO2S. The van der Waals surface area contributed by atoms with E-state index in [0.29, 0.717) is 11.3 Å². The van der Waals surface area contributed by atoms with Crippen LogP contribution in [0.15, 0.2) is 41.3 Å². The molecule has 21 heavy (non-hydrogen) atoms. The van der Waals surface area contributed by atoms with E-state index in [0.717, 1.165) is 17.7 Å². The molecule has 2 aromatic rings. The Bertz CT molecular complexity index is 697. The number of hydrogen-bond acceptors (Lipinski definition) is 2. The van der Waals surface area contributed by atoms with E-state index in [4.69, 9.17) is 5.11 Å². The second kappa shape index (κ2) is 5.90. The second-order valence-corrected chi connectivity index (χ2v) is 6.23. The Morgan fingerprint density at radius 1 is 1.14 bits per heavy atom. The monoisotopic (exact) mass is 302 g/mol. The quantitative estimate of drug-likeness (QED) is 0.855. The van der Waals surface area contributed by atoms with E-state index in [9.17, 15) is 9.18 Å². The molecule has 0 aromatic heterocycles. The van der Waals surface area contributed by atoms with Crippen LogP contribution in [0, 0.1) is 5.82 Å². The molecule has 1 N–H and O–H groups in total. The molecule has 1 aliphatic rings. The molecule has 4 heteroatoms. The summed E-state index contributed by atoms with van der Waals surface area (Å²) >= 11 is 1.55. The van der Waals surface area contributed by atoms with E-state index in [1.165, 1.54) is 35.7 Å². The highest BCUT2D eigenvalue weighted by molar-refractivity contribution is 7.98. The second-order valence-electron chi connectivity index (χ2n) is 5.18. The molecule has 0 unspecified atom stereocenters. The first-order valence-corrected chi connectivity index (χ1v) is 7.88. The number of benzene rings is 2. The van der Waals surface area contributed by atoms with Crippen molar-refractivity contribution in [2.45, 2.75) is 29.9 Å². The Kier molecular flexibility index (Phi) is 3.97. The SMILES string of the molecule is O=C(O)c1ccc(F)cc1CSc1ccc2c(c1)CCC2. The standard InChI is InChI=1S/C17H15FO2S/c18-14-5-7-16(17(19)20)13(8-14)10-21-15-6-4-11-2-1-3-12(11)9-15/h4-9H,1-3,10H2,(H,19,20). The first-order chi connectivity index (χ1) is 10.1. The van der Waals surface area contributed by atoms with Crippen molar-refractivity contribution in [3.63, 3.8) is 0 Å². The molecular weight excluding hydrogens is 287 g/mol. The van der Waals surface area contributed by atoms with Crippen LogP contribution in [0.5, 0.6) is 0 Å². The number of fused-ring (bicyclic) bond motifs is 1. The van der Waals surface area contributed by atoms with Gasteiger partial charge in [-0.3, -0.25) is 0 Å². The first kappa shape index (κ1) is 14.1. The van der Waals surface area contributed by atoms with Gasteiger partial charge in [0, 0.05) is 10.6 Å². The molecule has 0 heterocycles. The summed E-state index contributed by atoms with van der Waals surface area (Å²) in [5, 5.41) is 9.15. The van der Waals surface area contributed by atoms with Gasteiger partial charge in [-0.05, 0) is 66.3 Å². The Balaban J connectivity index is 1.78. The highest BCUT2D eigenvalue weighted by Gasteiger charge is 2.13. The number of halogens is 1. The average molecular weight is 302 g/mol. The van der Waals surface area contributed by atoms with Gasteiger partial charge in [-0.15, -0.1) is 11.8 Å². The largest absolute Gasteiger partial charge is 0.478 e. The summed E-state index contributed by atoms with van der Waals surface area (Å²) in [7, 11) is 0. The summed E-state index contributed by atoms with van der Waals surface area (Å²) in [6.07, 6.45) is 3.47. The van der Waals surface area contributed by atoms with E-state index in [-0.39, 0.29) is 5.56 Å². The maximum Gasteiger partial charge on any atom is 0.335 e. The van der Waals surface area contributed by atoms with Gasteiger partial charge in [-0.1, -0.05) is 6.07 Å². The van der Waals surface area contributed by atoms with Gasteiger partial charge in [0.1, 0.15) is 5.82 Å². The predicted molar refractivity (Wildman–Crippen MR) is 81.4 cm³/mol. The van der Waals surface area contributed by atoms with Gasteiger partial charge in [-0.2, -0.15) is 0 Å². The maximum absolute atomic E-state index is 13.3. The summed E-state index contributed by atoms with van der Waals surface area (Å²) in [5.74, 6) is -0.956. The van der Waals surface area contributed by atoms with E-state index >= 15 is 0 Å². The zero-order valence-corrected chi connectivity index (χ0v) is 12.3. The minimum atomic E-state index is -1.01. The van der Waals surface area contributed by atoms with Crippen LogP contribution in [-0.2, 0) is 18.6 Å². The molecule has 0 amide bonds. The summed E-state index contributed by atoms with van der Waals surface area (Å²) in [4.78, 5) is 12.3. The number of aryl methyl sites for hydroxylation is 2. The van der Waals surface area contributed by atoms with Crippen LogP contribution >= 0.6 is 11.8 Å². The summed E-state index contributed by atoms with van der Waals surface area (Å²) in [6, 6.07) is 10.2. The molecule has 0 atom stereocenters. The molecule has 3 rings (SSSR count). The third-order valence-corrected chi connectivity index (χ3v) is 4.80. The van der Waals surface area contributed by atoms with E-state index in [2.05, 4.69) is 18.2 Å². The molecule has 0 fully saturated rings. The lowest BCUT2D eigenvalue weighted by Gasteiger charge is -2.08. The van der Waals surface area contributed by atoms with Crippen LogP contribution in [-0.4, -0.2) is 11.1 Å². The minimum absolute atomic E-state index is 0.171. The zero-order chi connectivity index (χ0) is 14.8. The van der Waals surface area contributed by atoms with Crippen LogP contribution < -0.4 is 0 Å². The zero-order valence-electron chi connectivity index (χ0n) is 11.4. The molecule has 2 nitrogen and oxygen atoms in total. The number of aromatic carboxylic acids is 1. The van der Waals surface area contributed by atoms with Crippen LogP contribution in [0.25, 0.3) is 0 Å². The molecule has 0 radical (unpaired) electrons. The van der Waals surface area contributed by atoms with Crippen LogP contribution in [0.3, 0.4) is 0 Å². The van der Waals surface area contributed by atoms with Gasteiger partial charge in [0.2, 0.25) is 0 Å². The Morgan fingerprint density at radius 2 is 1.95 bits per heavy atom. The van der Waals surface area contributed by atoms with Gasteiger partial charge in [0.25, 0.3) is 0 Å². The number of thioether (sulfide) groups is 1. The van der Waals surface area contributed by atoms with E-state index < -0.39 is 11.8 Å². The lowest BCUT2D eigenvalue weighted by molar-refractivity contribution is 0.0696. The van der Waals surface area contributed by atoms with Crippen LogP contribution in [0.4, 0.5) is 4.39 Å². The van der Waals surface area contributed by atoms with Gasteiger partial charge in [-0.25, -0.2) is 9.18 Å². The number of carboxylic acid groups (broad SMARTS) is 1. The molecule has 0 aliphatic heterocycles. The van der Waals surface area contributed by atoms with Crippen LogP contribution in [0.1, 0.15) is 33.5 Å². The third kappa shape index (κ3) is 3.10. The fraction of sp³-hybridized carbons (Fsp3) is 0.235. The Morgan fingerprint density at radius 3 is 2.76 bits per heavy atom. The van der Waals surface area contributed by atoms with Crippen molar-refractivity contribution >= 4 is 17.7 Å². The van der Waals surface area contributed by atoms with E-state index in [1.54, 1.807) is 11.8 Å². The first-order valence-electron chi connectivity index (χ1n) is 6.90. The number of carboxylic acids is 1. The van der Waals surface area contributed by atoms with Gasteiger partial charge < -0.3 is 5.11 Å². The van der Waals surface area contributed by atoms with Gasteiger partial charge in [0.15, 0.2) is 0 Å². The minimum Gasteiger partial charge on any atom is -0.478 e. The highest BCUT2D eigenvalue weighted by atomic mass is 32.2. The summed E-state index contributed by atoms with van der Waals surface area (Å²) < 4.78 is 13.3. The van der Waals surface area contributed by atoms with Crippen molar-refractivity contribution in [2.24, 2.45) is 0 Å². The molecule has 0 spiro atoms. The fourth-order valence-electron chi connectivity index (χ4n) is 2.69. The Labute approximate surface area is 127 Å².